The van der Waals surface area contributed by atoms with Crippen molar-refractivity contribution >= 4 is 17.9 Å². The molecule has 0 aliphatic carbocycles. The minimum absolute atomic E-state index is 0.0260. The van der Waals surface area contributed by atoms with E-state index in [1.807, 2.05) is 0 Å². The van der Waals surface area contributed by atoms with E-state index in [1.54, 1.807) is 21.1 Å². The average molecular weight is 882 g/mol. The lowest BCUT2D eigenvalue weighted by atomic mass is 10.1. The van der Waals surface area contributed by atoms with Crippen molar-refractivity contribution in [2.75, 3.05) is 41.0 Å². The van der Waals surface area contributed by atoms with Crippen LogP contribution in [0.5, 0.6) is 0 Å². The quantitative estimate of drug-likeness (QED) is 0.0260. The number of allylic oxidation sites excluding steroid dienone is 12. The third-order valence-electron chi connectivity index (χ3n) is 11.1. The van der Waals surface area contributed by atoms with Crippen molar-refractivity contribution in [2.45, 2.75) is 219 Å². The van der Waals surface area contributed by atoms with Gasteiger partial charge < -0.3 is 28.6 Å². The van der Waals surface area contributed by atoms with Crippen molar-refractivity contribution in [1.29, 1.82) is 0 Å². The molecule has 0 N–H and O–H groups in total. The number of hydrogen-bond acceptors (Lipinski definition) is 7. The number of hydrogen-bond donors (Lipinski definition) is 0. The second-order valence-electron chi connectivity index (χ2n) is 18.0. The van der Waals surface area contributed by atoms with Crippen LogP contribution >= 0.6 is 0 Å². The van der Waals surface area contributed by atoms with Gasteiger partial charge in [-0.1, -0.05) is 177 Å². The van der Waals surface area contributed by atoms with Gasteiger partial charge in [0.05, 0.1) is 40.3 Å². The van der Waals surface area contributed by atoms with Crippen LogP contribution < -0.4 is 5.11 Å². The highest BCUT2D eigenvalue weighted by Crippen LogP contribution is 2.14. The molecule has 362 valence electrons. The molecular weight excluding hydrogens is 787 g/mol. The van der Waals surface area contributed by atoms with Crippen LogP contribution in [-0.4, -0.2) is 75.5 Å². The summed E-state index contributed by atoms with van der Waals surface area (Å²) in [6, 6.07) is -0.735. The van der Waals surface area contributed by atoms with E-state index in [4.69, 9.17) is 14.2 Å². The SMILES string of the molecule is CC/C=C/C/C=C/C/C=C/C/C=C/C/C=C/CCCCCCC(=O)OC(COCCC(C(=O)[O-])[N+](C)(C)C)COC(=O)CCCCCCCCC/C=C/CCCCCCCCCC. The van der Waals surface area contributed by atoms with Gasteiger partial charge in [-0.25, -0.2) is 0 Å². The van der Waals surface area contributed by atoms with Crippen LogP contribution in [0.25, 0.3) is 0 Å². The van der Waals surface area contributed by atoms with Crippen LogP contribution in [-0.2, 0) is 28.6 Å². The van der Waals surface area contributed by atoms with Gasteiger partial charge in [-0.3, -0.25) is 9.59 Å². The molecule has 0 saturated carbocycles. The molecule has 0 rings (SSSR count). The van der Waals surface area contributed by atoms with Gasteiger partial charge in [0.25, 0.3) is 0 Å². The lowest BCUT2D eigenvalue weighted by molar-refractivity contribution is -0.889. The van der Waals surface area contributed by atoms with Gasteiger partial charge in [-0.05, 0) is 83.5 Å². The van der Waals surface area contributed by atoms with Crippen LogP contribution in [0.3, 0.4) is 0 Å². The van der Waals surface area contributed by atoms with E-state index >= 15 is 0 Å². The van der Waals surface area contributed by atoms with Gasteiger partial charge in [0.2, 0.25) is 0 Å². The second-order valence-corrected chi connectivity index (χ2v) is 18.0. The monoisotopic (exact) mass is 882 g/mol. The predicted molar refractivity (Wildman–Crippen MR) is 263 cm³/mol. The summed E-state index contributed by atoms with van der Waals surface area (Å²) >= 11 is 0. The van der Waals surface area contributed by atoms with Crippen LogP contribution in [0.1, 0.15) is 206 Å². The zero-order chi connectivity index (χ0) is 46.3. The number of rotatable bonds is 45. The summed E-state index contributed by atoms with van der Waals surface area (Å²) in [7, 11) is 5.40. The smallest absolute Gasteiger partial charge is 0.306 e. The van der Waals surface area contributed by atoms with Crippen LogP contribution in [0.15, 0.2) is 72.9 Å². The fraction of sp³-hybridized carbons (Fsp3) is 0.727. The molecule has 0 saturated heterocycles. The van der Waals surface area contributed by atoms with Gasteiger partial charge in [-0.15, -0.1) is 0 Å². The highest BCUT2D eigenvalue weighted by molar-refractivity contribution is 5.70. The topological polar surface area (TPSA) is 102 Å². The van der Waals surface area contributed by atoms with Gasteiger partial charge in [0, 0.05) is 19.3 Å². The van der Waals surface area contributed by atoms with E-state index in [1.165, 1.54) is 89.9 Å². The minimum atomic E-state index is -1.13. The first kappa shape index (κ1) is 59.8. The van der Waals surface area contributed by atoms with Crippen molar-refractivity contribution in [3.63, 3.8) is 0 Å². The van der Waals surface area contributed by atoms with Gasteiger partial charge in [0.15, 0.2) is 6.10 Å². The standard InChI is InChI=1S/C55H95NO7/c1-6-8-10-12-14-16-18-20-22-24-26-28-30-32-34-36-38-40-42-44-46-54(58)63-51(49-61-48-47-52(55(59)60)56(3,4)5)50-62-53(57)45-43-41-39-37-35-33-31-29-27-25-23-21-19-17-15-13-11-9-7-2/h8,10,14,16,20,22,25-28,32,34,51-52H,6-7,9,11-13,15,17-19,21,23-24,29-31,33,35-50H2,1-5H3/b10-8+,16-14+,22-20+,27-25+,28-26+,34-32+. The number of likely N-dealkylation sites (N-methyl/N-ethyl adjacent to an activating group) is 1. The Hall–Kier alpha value is -3.23. The summed E-state index contributed by atoms with van der Waals surface area (Å²) in [6.45, 7) is 4.52. The van der Waals surface area contributed by atoms with Crippen molar-refractivity contribution in [3.8, 4) is 0 Å². The van der Waals surface area contributed by atoms with E-state index in [0.29, 0.717) is 6.42 Å². The number of carboxylic acids is 1. The van der Waals surface area contributed by atoms with E-state index < -0.39 is 18.1 Å². The Morgan fingerprint density at radius 1 is 0.492 bits per heavy atom. The van der Waals surface area contributed by atoms with Crippen LogP contribution in [0, 0.1) is 0 Å². The molecule has 0 spiro atoms. The Bertz CT molecular complexity index is 1260. The Kier molecular flexibility index (Phi) is 43.0. The predicted octanol–water partition coefficient (Wildman–Crippen LogP) is 13.4. The molecule has 0 aromatic carbocycles. The molecule has 0 aliphatic heterocycles. The largest absolute Gasteiger partial charge is 0.544 e. The minimum Gasteiger partial charge on any atom is -0.544 e. The summed E-state index contributed by atoms with van der Waals surface area (Å²) in [5, 5.41) is 11.7. The molecule has 0 aliphatic rings. The number of quaternary nitrogens is 1. The summed E-state index contributed by atoms with van der Waals surface area (Å²) in [5.74, 6) is -1.77. The fourth-order valence-electron chi connectivity index (χ4n) is 7.15. The highest BCUT2D eigenvalue weighted by Gasteiger charge is 2.25. The van der Waals surface area contributed by atoms with Crippen LogP contribution in [0.2, 0.25) is 0 Å². The maximum atomic E-state index is 12.8. The van der Waals surface area contributed by atoms with Gasteiger partial charge >= 0.3 is 11.9 Å². The molecule has 2 atom stereocenters. The molecule has 0 heterocycles. The molecule has 0 fully saturated rings. The molecule has 63 heavy (non-hydrogen) atoms. The molecule has 0 aromatic rings. The number of carbonyl (C=O) groups excluding carboxylic acids is 3. The zero-order valence-electron chi connectivity index (χ0n) is 41.2. The maximum Gasteiger partial charge on any atom is 0.306 e. The summed E-state index contributed by atoms with van der Waals surface area (Å²) in [4.78, 5) is 37.0. The Morgan fingerprint density at radius 2 is 0.889 bits per heavy atom. The Morgan fingerprint density at radius 3 is 1.33 bits per heavy atom. The summed E-state index contributed by atoms with van der Waals surface area (Å²) in [5.41, 5.74) is 0. The normalized spacial score (nSPS) is 13.5. The van der Waals surface area contributed by atoms with E-state index in [2.05, 4.69) is 86.8 Å². The number of unbranched alkanes of at least 4 members (excludes halogenated alkanes) is 19. The maximum absolute atomic E-state index is 12.8. The highest BCUT2D eigenvalue weighted by atomic mass is 16.6. The Balaban J connectivity index is 4.33. The average Bonchev–Trinajstić information content (AvgIpc) is 3.24. The molecule has 0 aromatic heterocycles. The third-order valence-corrected chi connectivity index (χ3v) is 11.1. The molecule has 0 bridgehead atoms. The number of carbonyl (C=O) groups is 3. The van der Waals surface area contributed by atoms with E-state index in [0.717, 1.165) is 83.5 Å². The fourth-order valence-corrected chi connectivity index (χ4v) is 7.15. The summed E-state index contributed by atoms with van der Waals surface area (Å²) in [6.07, 6.45) is 57.9. The first-order valence-corrected chi connectivity index (χ1v) is 25.5. The number of ether oxygens (including phenoxy) is 3. The first-order valence-electron chi connectivity index (χ1n) is 25.5. The number of carboxylic acid groups (broad SMARTS) is 1. The Labute approximate surface area is 387 Å². The van der Waals surface area contributed by atoms with E-state index in [9.17, 15) is 19.5 Å². The number of nitrogens with zero attached hydrogens (tertiary/aromatic N) is 1. The molecule has 0 radical (unpaired) electrons. The summed E-state index contributed by atoms with van der Waals surface area (Å²) < 4.78 is 17.2. The lowest BCUT2D eigenvalue weighted by Gasteiger charge is -2.34. The number of esters is 2. The van der Waals surface area contributed by atoms with Gasteiger partial charge in [0.1, 0.15) is 12.6 Å². The lowest BCUT2D eigenvalue weighted by Crippen LogP contribution is -2.55. The van der Waals surface area contributed by atoms with Gasteiger partial charge in [-0.2, -0.15) is 0 Å². The second kappa shape index (κ2) is 45.3. The number of aliphatic carboxylic acids is 1. The van der Waals surface area contributed by atoms with Crippen molar-refractivity contribution in [1.82, 2.24) is 0 Å². The third kappa shape index (κ3) is 43.8. The molecule has 0 amide bonds. The van der Waals surface area contributed by atoms with Crippen molar-refractivity contribution in [2.24, 2.45) is 0 Å². The molecule has 8 heteroatoms. The zero-order valence-corrected chi connectivity index (χ0v) is 41.2. The van der Waals surface area contributed by atoms with Crippen LogP contribution in [0.4, 0.5) is 0 Å². The van der Waals surface area contributed by atoms with Crippen molar-refractivity contribution < 1.29 is 38.2 Å². The molecular formula is C55H95NO7. The molecule has 2 unspecified atom stereocenters. The van der Waals surface area contributed by atoms with E-state index in [-0.39, 0.29) is 49.1 Å². The first-order chi connectivity index (χ1) is 30.6. The molecule has 8 nitrogen and oxygen atoms in total. The van der Waals surface area contributed by atoms with Crippen molar-refractivity contribution in [3.05, 3.63) is 72.9 Å².